The second-order valence-electron chi connectivity index (χ2n) is 3.18. The van der Waals surface area contributed by atoms with Gasteiger partial charge in [0, 0.05) is 0 Å². The van der Waals surface area contributed by atoms with E-state index in [0.717, 1.165) is 38.2 Å². The van der Waals surface area contributed by atoms with Gasteiger partial charge >= 0.3 is 0 Å². The molecule has 0 amide bonds. The first-order valence-corrected chi connectivity index (χ1v) is 5.34. The van der Waals surface area contributed by atoms with Gasteiger partial charge in [0.05, 0.1) is 19.3 Å². The molecule has 0 spiro atoms. The van der Waals surface area contributed by atoms with Crippen LogP contribution in [0.1, 0.15) is 26.2 Å². The molecule has 1 rings (SSSR count). The molecule has 0 aromatic carbocycles. The van der Waals surface area contributed by atoms with Gasteiger partial charge in [-0.25, -0.2) is 0 Å². The fourth-order valence-electron chi connectivity index (χ4n) is 1.13. The highest BCUT2D eigenvalue weighted by molar-refractivity contribution is 7.80. The van der Waals surface area contributed by atoms with E-state index in [1.165, 1.54) is 0 Å². The summed E-state index contributed by atoms with van der Waals surface area (Å²) < 4.78 is 10.7. The van der Waals surface area contributed by atoms with E-state index in [4.69, 9.17) is 9.47 Å². The lowest BCUT2D eigenvalue weighted by Crippen LogP contribution is -2.15. The smallest absolute Gasteiger partial charge is 0.104 e. The molecule has 0 aliphatic carbocycles. The van der Waals surface area contributed by atoms with Crippen LogP contribution in [0.5, 0.6) is 0 Å². The van der Waals surface area contributed by atoms with Crippen LogP contribution in [0.15, 0.2) is 0 Å². The standard InChI is InChI=1S/C9H18O2S/c1-2-8(4-3-5-12)10-6-9-7-11-9/h8-9,12H,2-7H2,1H3. The molecular weight excluding hydrogens is 172 g/mol. The molecule has 1 aliphatic heterocycles. The van der Waals surface area contributed by atoms with Crippen LogP contribution < -0.4 is 0 Å². The van der Waals surface area contributed by atoms with Gasteiger partial charge in [-0.15, -0.1) is 0 Å². The minimum atomic E-state index is 0.398. The Bertz CT molecular complexity index is 115. The molecule has 1 saturated heterocycles. The first kappa shape index (κ1) is 10.4. The highest BCUT2D eigenvalue weighted by Crippen LogP contribution is 2.13. The largest absolute Gasteiger partial charge is 0.375 e. The van der Waals surface area contributed by atoms with Gasteiger partial charge in [-0.3, -0.25) is 0 Å². The van der Waals surface area contributed by atoms with Crippen molar-refractivity contribution in [2.45, 2.75) is 38.4 Å². The van der Waals surface area contributed by atoms with Crippen molar-refractivity contribution in [3.8, 4) is 0 Å². The van der Waals surface area contributed by atoms with Gasteiger partial charge in [0.2, 0.25) is 0 Å². The molecule has 0 radical (unpaired) electrons. The van der Waals surface area contributed by atoms with Crippen molar-refractivity contribution in [2.75, 3.05) is 19.0 Å². The van der Waals surface area contributed by atoms with E-state index >= 15 is 0 Å². The summed E-state index contributed by atoms with van der Waals surface area (Å²) in [6.45, 7) is 3.84. The van der Waals surface area contributed by atoms with Gasteiger partial charge in [-0.1, -0.05) is 6.92 Å². The number of hydrogen-bond donors (Lipinski definition) is 1. The molecule has 72 valence electrons. The molecular formula is C9H18O2S. The Morgan fingerprint density at radius 1 is 1.67 bits per heavy atom. The van der Waals surface area contributed by atoms with Gasteiger partial charge in [0.15, 0.2) is 0 Å². The van der Waals surface area contributed by atoms with E-state index in [2.05, 4.69) is 19.6 Å². The average molecular weight is 190 g/mol. The van der Waals surface area contributed by atoms with Crippen molar-refractivity contribution in [1.82, 2.24) is 0 Å². The summed E-state index contributed by atoms with van der Waals surface area (Å²) in [6.07, 6.45) is 4.19. The van der Waals surface area contributed by atoms with Crippen LogP contribution in [0.2, 0.25) is 0 Å². The van der Waals surface area contributed by atoms with E-state index in [1.54, 1.807) is 0 Å². The fourth-order valence-corrected chi connectivity index (χ4v) is 1.31. The zero-order valence-electron chi connectivity index (χ0n) is 7.66. The maximum absolute atomic E-state index is 5.66. The first-order chi connectivity index (χ1) is 5.86. The van der Waals surface area contributed by atoms with Crippen molar-refractivity contribution >= 4 is 12.6 Å². The lowest BCUT2D eigenvalue weighted by atomic mass is 10.1. The minimum absolute atomic E-state index is 0.398. The Hall–Kier alpha value is 0.270. The summed E-state index contributed by atoms with van der Waals surface area (Å²) >= 11 is 4.17. The van der Waals surface area contributed by atoms with Crippen LogP contribution in [0.4, 0.5) is 0 Å². The van der Waals surface area contributed by atoms with E-state index in [-0.39, 0.29) is 0 Å². The molecule has 1 fully saturated rings. The van der Waals surface area contributed by atoms with E-state index in [0.29, 0.717) is 12.2 Å². The van der Waals surface area contributed by atoms with Crippen molar-refractivity contribution in [1.29, 1.82) is 0 Å². The third-order valence-electron chi connectivity index (χ3n) is 2.06. The van der Waals surface area contributed by atoms with Crippen LogP contribution in [0.3, 0.4) is 0 Å². The Morgan fingerprint density at radius 2 is 2.42 bits per heavy atom. The molecule has 1 heterocycles. The third-order valence-corrected chi connectivity index (χ3v) is 2.38. The number of thiol groups is 1. The fraction of sp³-hybridized carbons (Fsp3) is 1.00. The van der Waals surface area contributed by atoms with Crippen molar-refractivity contribution in [2.24, 2.45) is 0 Å². The van der Waals surface area contributed by atoms with Crippen LogP contribution in [0.25, 0.3) is 0 Å². The summed E-state index contributed by atoms with van der Waals surface area (Å²) in [6, 6.07) is 0. The molecule has 12 heavy (non-hydrogen) atoms. The molecule has 3 heteroatoms. The predicted octanol–water partition coefficient (Wildman–Crippen LogP) is 1.89. The van der Waals surface area contributed by atoms with E-state index < -0.39 is 0 Å². The first-order valence-electron chi connectivity index (χ1n) is 4.71. The molecule has 2 nitrogen and oxygen atoms in total. The number of ether oxygens (including phenoxy) is 2. The number of epoxide rings is 1. The zero-order valence-corrected chi connectivity index (χ0v) is 8.56. The normalized spacial score (nSPS) is 24.0. The van der Waals surface area contributed by atoms with E-state index in [9.17, 15) is 0 Å². The van der Waals surface area contributed by atoms with Gasteiger partial charge in [-0.2, -0.15) is 12.6 Å². The van der Waals surface area contributed by atoms with Crippen LogP contribution >= 0.6 is 12.6 Å². The van der Waals surface area contributed by atoms with Gasteiger partial charge in [0.25, 0.3) is 0 Å². The lowest BCUT2D eigenvalue weighted by molar-refractivity contribution is 0.0348. The summed E-state index contributed by atoms with van der Waals surface area (Å²) in [5.74, 6) is 0.958. The van der Waals surface area contributed by atoms with Crippen LogP contribution in [-0.2, 0) is 9.47 Å². The summed E-state index contributed by atoms with van der Waals surface area (Å²) in [4.78, 5) is 0. The lowest BCUT2D eigenvalue weighted by Gasteiger charge is -2.14. The zero-order chi connectivity index (χ0) is 8.81. The number of hydrogen-bond acceptors (Lipinski definition) is 3. The molecule has 0 aromatic heterocycles. The van der Waals surface area contributed by atoms with Crippen molar-refractivity contribution in [3.63, 3.8) is 0 Å². The molecule has 0 saturated carbocycles. The average Bonchev–Trinajstić information content (AvgIpc) is 2.89. The summed E-state index contributed by atoms with van der Waals surface area (Å²) in [7, 11) is 0. The van der Waals surface area contributed by atoms with E-state index in [1.807, 2.05) is 0 Å². The quantitative estimate of drug-likeness (QED) is 0.489. The highest BCUT2D eigenvalue weighted by atomic mass is 32.1. The van der Waals surface area contributed by atoms with Gasteiger partial charge < -0.3 is 9.47 Å². The molecule has 0 aromatic rings. The minimum Gasteiger partial charge on any atom is -0.375 e. The molecule has 2 atom stereocenters. The van der Waals surface area contributed by atoms with Crippen molar-refractivity contribution < 1.29 is 9.47 Å². The SMILES string of the molecule is CCC(CCCS)OCC1CO1. The third kappa shape index (κ3) is 4.33. The number of rotatable bonds is 7. The second-order valence-corrected chi connectivity index (χ2v) is 3.63. The molecule has 2 unspecified atom stereocenters. The van der Waals surface area contributed by atoms with Crippen LogP contribution in [-0.4, -0.2) is 31.2 Å². The molecule has 0 N–H and O–H groups in total. The monoisotopic (exact) mass is 190 g/mol. The topological polar surface area (TPSA) is 21.8 Å². The van der Waals surface area contributed by atoms with Gasteiger partial charge in [0.1, 0.15) is 6.10 Å². The highest BCUT2D eigenvalue weighted by Gasteiger charge is 2.23. The summed E-state index contributed by atoms with van der Waals surface area (Å²) in [5.41, 5.74) is 0. The van der Waals surface area contributed by atoms with Crippen molar-refractivity contribution in [3.05, 3.63) is 0 Å². The predicted molar refractivity (Wildman–Crippen MR) is 52.9 cm³/mol. The Kier molecular flexibility index (Phi) is 5.04. The van der Waals surface area contributed by atoms with Crippen LogP contribution in [0, 0.1) is 0 Å². The Morgan fingerprint density at radius 3 is 2.92 bits per heavy atom. The summed E-state index contributed by atoms with van der Waals surface area (Å²) in [5, 5.41) is 0. The molecule has 1 aliphatic rings. The Balaban J connectivity index is 1.98. The van der Waals surface area contributed by atoms with Gasteiger partial charge in [-0.05, 0) is 25.0 Å². The second kappa shape index (κ2) is 5.84. The maximum atomic E-state index is 5.66. The Labute approximate surface area is 80.0 Å². The maximum Gasteiger partial charge on any atom is 0.104 e. The molecule has 0 bridgehead atoms.